The summed E-state index contributed by atoms with van der Waals surface area (Å²) in [7, 11) is 0. The number of hydrogen-bond donors (Lipinski definition) is 1. The van der Waals surface area contributed by atoms with Gasteiger partial charge in [-0.15, -0.1) is 0 Å². The molecule has 2 heterocycles. The van der Waals surface area contributed by atoms with Crippen LogP contribution in [-0.2, 0) is 6.54 Å². The number of amides is 1. The molecule has 0 radical (unpaired) electrons. The Morgan fingerprint density at radius 1 is 1.14 bits per heavy atom. The minimum absolute atomic E-state index is 0.0364. The Hall–Kier alpha value is -2.95. The van der Waals surface area contributed by atoms with E-state index < -0.39 is 0 Å². The van der Waals surface area contributed by atoms with E-state index in [0.29, 0.717) is 28.7 Å². The van der Waals surface area contributed by atoms with E-state index in [1.165, 1.54) is 17.7 Å². The molecule has 0 unspecified atom stereocenters. The van der Waals surface area contributed by atoms with Crippen LogP contribution in [0.1, 0.15) is 40.7 Å². The van der Waals surface area contributed by atoms with E-state index in [-0.39, 0.29) is 11.7 Å². The predicted octanol–water partition coefficient (Wildman–Crippen LogP) is 4.92. The molecule has 0 atom stereocenters. The van der Waals surface area contributed by atoms with E-state index in [0.717, 1.165) is 37.9 Å². The molecule has 1 N–H and O–H groups in total. The van der Waals surface area contributed by atoms with Crippen molar-refractivity contribution in [2.45, 2.75) is 32.7 Å². The van der Waals surface area contributed by atoms with Crippen molar-refractivity contribution in [2.24, 2.45) is 0 Å². The number of likely N-dealkylation sites (tertiary alicyclic amines) is 1. The molecule has 0 bridgehead atoms. The molecule has 28 heavy (non-hydrogen) atoms. The summed E-state index contributed by atoms with van der Waals surface area (Å²) in [4.78, 5) is 19.5. The molecule has 0 aliphatic carbocycles. The van der Waals surface area contributed by atoms with E-state index in [1.807, 2.05) is 17.0 Å². The molecule has 1 aliphatic rings. The Kier molecular flexibility index (Phi) is 5.24. The Bertz CT molecular complexity index is 1010. The van der Waals surface area contributed by atoms with Gasteiger partial charge in [0.25, 0.3) is 5.91 Å². The Labute approximate surface area is 164 Å². The maximum absolute atomic E-state index is 14.0. The maximum atomic E-state index is 14.0. The van der Waals surface area contributed by atoms with Crippen LogP contribution in [-0.4, -0.2) is 28.9 Å². The first-order chi connectivity index (χ1) is 13.6. The highest BCUT2D eigenvalue weighted by atomic mass is 19.1. The first-order valence-corrected chi connectivity index (χ1v) is 9.79. The van der Waals surface area contributed by atoms with Gasteiger partial charge in [0.05, 0.1) is 16.8 Å². The number of halogens is 1. The van der Waals surface area contributed by atoms with Crippen molar-refractivity contribution in [3.05, 3.63) is 71.2 Å². The van der Waals surface area contributed by atoms with Crippen LogP contribution in [0.4, 0.5) is 10.1 Å². The zero-order chi connectivity index (χ0) is 19.5. The number of benzene rings is 2. The second-order valence-electron chi connectivity index (χ2n) is 7.34. The first-order valence-electron chi connectivity index (χ1n) is 9.79. The lowest BCUT2D eigenvalue weighted by molar-refractivity contribution is 0.0725. The highest BCUT2D eigenvalue weighted by Gasteiger charge is 2.23. The largest absolute Gasteiger partial charge is 0.380 e. The summed E-state index contributed by atoms with van der Waals surface area (Å²) in [6, 6.07) is 12.6. The van der Waals surface area contributed by atoms with E-state index >= 15 is 0 Å². The Morgan fingerprint density at radius 3 is 2.71 bits per heavy atom. The van der Waals surface area contributed by atoms with Gasteiger partial charge in [0.2, 0.25) is 0 Å². The van der Waals surface area contributed by atoms with Crippen molar-refractivity contribution >= 4 is 22.5 Å². The van der Waals surface area contributed by atoms with Crippen LogP contribution >= 0.6 is 0 Å². The summed E-state index contributed by atoms with van der Waals surface area (Å²) in [5.41, 5.74) is 4.14. The van der Waals surface area contributed by atoms with Gasteiger partial charge in [-0.3, -0.25) is 9.78 Å². The standard InChI is InChI=1S/C23H24FN3O/c1-16-7-3-4-8-17(16)14-26-22-19-13-18(24)9-10-21(19)25-15-20(22)23(28)27-11-5-2-6-12-27/h3-4,7-10,13,15H,2,5-6,11-12,14H2,1H3,(H,25,26). The highest BCUT2D eigenvalue weighted by Crippen LogP contribution is 2.29. The van der Waals surface area contributed by atoms with Crippen LogP contribution in [0.25, 0.3) is 10.9 Å². The lowest BCUT2D eigenvalue weighted by Crippen LogP contribution is -2.36. The number of nitrogens with zero attached hydrogens (tertiary/aromatic N) is 2. The number of anilines is 1. The fourth-order valence-corrected chi connectivity index (χ4v) is 3.78. The lowest BCUT2D eigenvalue weighted by atomic mass is 10.0. The third-order valence-electron chi connectivity index (χ3n) is 5.42. The van der Waals surface area contributed by atoms with E-state index in [4.69, 9.17) is 0 Å². The Morgan fingerprint density at radius 2 is 1.93 bits per heavy atom. The van der Waals surface area contributed by atoms with Crippen LogP contribution in [0.5, 0.6) is 0 Å². The minimum atomic E-state index is -0.337. The second-order valence-corrected chi connectivity index (χ2v) is 7.34. The molecule has 1 saturated heterocycles. The molecular formula is C23H24FN3O. The highest BCUT2D eigenvalue weighted by molar-refractivity contribution is 6.07. The third kappa shape index (κ3) is 3.70. The van der Waals surface area contributed by atoms with Crippen molar-refractivity contribution < 1.29 is 9.18 Å². The summed E-state index contributed by atoms with van der Waals surface area (Å²) in [6.07, 6.45) is 4.82. The van der Waals surface area contributed by atoms with Gasteiger partial charge in [-0.05, 0) is 55.5 Å². The van der Waals surface area contributed by atoms with Crippen LogP contribution < -0.4 is 5.32 Å². The van der Waals surface area contributed by atoms with Gasteiger partial charge in [-0.1, -0.05) is 24.3 Å². The molecule has 3 aromatic rings. The van der Waals surface area contributed by atoms with E-state index in [2.05, 4.69) is 29.4 Å². The number of carbonyl (C=O) groups is 1. The van der Waals surface area contributed by atoms with Gasteiger partial charge in [0, 0.05) is 31.2 Å². The molecule has 1 fully saturated rings. The molecule has 0 saturated carbocycles. The quantitative estimate of drug-likeness (QED) is 0.702. The number of aryl methyl sites for hydroxylation is 1. The van der Waals surface area contributed by atoms with Gasteiger partial charge in [0.1, 0.15) is 5.82 Å². The molecule has 4 rings (SSSR count). The summed E-state index contributed by atoms with van der Waals surface area (Å²) in [6.45, 7) is 4.14. The van der Waals surface area contributed by atoms with Crippen molar-refractivity contribution in [3.8, 4) is 0 Å². The minimum Gasteiger partial charge on any atom is -0.380 e. The summed E-state index contributed by atoms with van der Waals surface area (Å²) in [5, 5.41) is 4.04. The van der Waals surface area contributed by atoms with Gasteiger partial charge < -0.3 is 10.2 Å². The zero-order valence-electron chi connectivity index (χ0n) is 16.0. The average Bonchev–Trinajstić information content (AvgIpc) is 2.73. The number of aromatic nitrogens is 1. The molecule has 2 aromatic carbocycles. The molecule has 1 aromatic heterocycles. The number of piperidine rings is 1. The van der Waals surface area contributed by atoms with E-state index in [1.54, 1.807) is 12.3 Å². The van der Waals surface area contributed by atoms with Crippen LogP contribution in [0.3, 0.4) is 0 Å². The summed E-state index contributed by atoms with van der Waals surface area (Å²) in [5.74, 6) is -0.374. The van der Waals surface area contributed by atoms with Gasteiger partial charge >= 0.3 is 0 Å². The molecular weight excluding hydrogens is 353 g/mol. The van der Waals surface area contributed by atoms with Gasteiger partial charge in [-0.2, -0.15) is 0 Å². The van der Waals surface area contributed by atoms with Gasteiger partial charge in [0.15, 0.2) is 0 Å². The number of rotatable bonds is 4. The van der Waals surface area contributed by atoms with Crippen molar-refractivity contribution in [3.63, 3.8) is 0 Å². The number of carbonyl (C=O) groups excluding carboxylic acids is 1. The Balaban J connectivity index is 1.74. The molecule has 1 amide bonds. The maximum Gasteiger partial charge on any atom is 0.257 e. The summed E-state index contributed by atoms with van der Waals surface area (Å²) >= 11 is 0. The molecule has 5 heteroatoms. The van der Waals surface area contributed by atoms with Crippen LogP contribution in [0.15, 0.2) is 48.7 Å². The zero-order valence-corrected chi connectivity index (χ0v) is 16.0. The van der Waals surface area contributed by atoms with E-state index in [9.17, 15) is 9.18 Å². The van der Waals surface area contributed by atoms with Crippen molar-refractivity contribution in [1.82, 2.24) is 9.88 Å². The fourth-order valence-electron chi connectivity index (χ4n) is 3.78. The smallest absolute Gasteiger partial charge is 0.257 e. The molecule has 4 nitrogen and oxygen atoms in total. The lowest BCUT2D eigenvalue weighted by Gasteiger charge is -2.27. The van der Waals surface area contributed by atoms with Crippen LogP contribution in [0, 0.1) is 12.7 Å². The van der Waals surface area contributed by atoms with Gasteiger partial charge in [-0.25, -0.2) is 4.39 Å². The predicted molar refractivity (Wildman–Crippen MR) is 110 cm³/mol. The van der Waals surface area contributed by atoms with Crippen molar-refractivity contribution in [1.29, 1.82) is 0 Å². The second kappa shape index (κ2) is 7.97. The molecule has 144 valence electrons. The normalized spacial score (nSPS) is 14.3. The SMILES string of the molecule is Cc1ccccc1CNc1c(C(=O)N2CCCCC2)cnc2ccc(F)cc12. The molecule has 0 spiro atoms. The number of nitrogens with one attached hydrogen (secondary N) is 1. The number of fused-ring (bicyclic) bond motifs is 1. The summed E-state index contributed by atoms with van der Waals surface area (Å²) < 4.78 is 14.0. The third-order valence-corrected chi connectivity index (χ3v) is 5.42. The molecule has 1 aliphatic heterocycles. The first kappa shape index (κ1) is 18.4. The fraction of sp³-hybridized carbons (Fsp3) is 0.304. The number of hydrogen-bond acceptors (Lipinski definition) is 3. The topological polar surface area (TPSA) is 45.2 Å². The number of pyridine rings is 1. The average molecular weight is 377 g/mol. The van der Waals surface area contributed by atoms with Crippen molar-refractivity contribution in [2.75, 3.05) is 18.4 Å². The van der Waals surface area contributed by atoms with Crippen LogP contribution in [0.2, 0.25) is 0 Å². The monoisotopic (exact) mass is 377 g/mol.